The first-order chi connectivity index (χ1) is 16.5. The summed E-state index contributed by atoms with van der Waals surface area (Å²) in [6, 6.07) is 13.6. The van der Waals surface area contributed by atoms with E-state index in [1.807, 2.05) is 36.8 Å². The summed E-state index contributed by atoms with van der Waals surface area (Å²) in [5, 5.41) is 4.10. The summed E-state index contributed by atoms with van der Waals surface area (Å²) < 4.78 is 8.48. The van der Waals surface area contributed by atoms with E-state index >= 15 is 0 Å². The van der Waals surface area contributed by atoms with Gasteiger partial charge in [-0.1, -0.05) is 6.07 Å². The molecule has 0 bridgehead atoms. The van der Waals surface area contributed by atoms with Crippen molar-refractivity contribution in [3.63, 3.8) is 0 Å². The Morgan fingerprint density at radius 1 is 0.946 bits per heavy atom. The third-order valence-corrected chi connectivity index (χ3v) is 5.97. The molecule has 1 aromatic carbocycles. The first-order valence-corrected chi connectivity index (χ1v) is 11.4. The van der Waals surface area contributed by atoms with Crippen LogP contribution in [0.15, 0.2) is 76.8 Å². The topological polar surface area (TPSA) is 91.0 Å². The third kappa shape index (κ3) is 8.04. The van der Waals surface area contributed by atoms with Crippen LogP contribution in [0.25, 0.3) is 10.9 Å². The van der Waals surface area contributed by atoms with E-state index in [1.165, 1.54) is 22.7 Å². The average molecular weight is 569 g/mol. The second-order valence-corrected chi connectivity index (χ2v) is 8.27. The zero-order chi connectivity index (χ0) is 23.9. The Morgan fingerprint density at radius 3 is 2.41 bits per heavy atom. The van der Waals surface area contributed by atoms with Crippen LogP contribution in [0.1, 0.15) is 30.0 Å². The summed E-state index contributed by atoms with van der Waals surface area (Å²) in [4.78, 5) is 32.9. The van der Waals surface area contributed by atoms with Crippen molar-refractivity contribution in [2.24, 2.45) is 14.1 Å². The van der Waals surface area contributed by atoms with Crippen molar-refractivity contribution in [2.75, 3.05) is 13.2 Å². The van der Waals surface area contributed by atoms with E-state index in [0.29, 0.717) is 23.3 Å². The fourth-order valence-corrected chi connectivity index (χ4v) is 4.04. The molecule has 0 aliphatic rings. The Bertz CT molecular complexity index is 1370. The molecule has 0 radical (unpaired) electrons. The van der Waals surface area contributed by atoms with Crippen molar-refractivity contribution in [2.45, 2.75) is 25.3 Å². The van der Waals surface area contributed by atoms with Crippen molar-refractivity contribution < 1.29 is 4.74 Å². The first-order valence-electron chi connectivity index (χ1n) is 11.4. The molecule has 8 nitrogen and oxygen atoms in total. The molecule has 3 heterocycles. The molecule has 1 N–H and O–H groups in total. The maximum absolute atomic E-state index is 12.5. The second-order valence-electron chi connectivity index (χ2n) is 8.27. The number of rotatable bonds is 10. The van der Waals surface area contributed by atoms with E-state index in [4.69, 9.17) is 4.74 Å². The molecule has 4 rings (SSSR count). The number of benzene rings is 1. The maximum Gasteiger partial charge on any atom is 0.330 e. The van der Waals surface area contributed by atoms with Gasteiger partial charge in [0.15, 0.2) is 0 Å². The molecule has 0 amide bonds. The summed E-state index contributed by atoms with van der Waals surface area (Å²) in [5.41, 5.74) is 2.35. The third-order valence-electron chi connectivity index (χ3n) is 5.97. The summed E-state index contributed by atoms with van der Waals surface area (Å²) >= 11 is 0. The molecule has 0 aliphatic carbocycles. The van der Waals surface area contributed by atoms with Gasteiger partial charge in [0.2, 0.25) is 0 Å². The summed E-state index contributed by atoms with van der Waals surface area (Å²) in [6.07, 6.45) is 10.0. The molecular formula is C26H32Cl3N5O3. The molecule has 37 heavy (non-hydrogen) atoms. The molecular weight excluding hydrogens is 537 g/mol. The number of nitrogens with zero attached hydrogens (tertiary/aromatic N) is 4. The molecule has 1 atom stereocenters. The zero-order valence-electron chi connectivity index (χ0n) is 20.7. The van der Waals surface area contributed by atoms with Gasteiger partial charge in [-0.05, 0) is 73.3 Å². The smallest absolute Gasteiger partial charge is 0.330 e. The number of ether oxygens (including phenoxy) is 1. The molecule has 1 unspecified atom stereocenters. The monoisotopic (exact) mass is 567 g/mol. The maximum atomic E-state index is 12.5. The Hall–Kier alpha value is -2.91. The molecule has 200 valence electrons. The fourth-order valence-electron chi connectivity index (χ4n) is 4.04. The Morgan fingerprint density at radius 2 is 1.70 bits per heavy atom. The van der Waals surface area contributed by atoms with Crippen molar-refractivity contribution in [3.8, 4) is 5.75 Å². The van der Waals surface area contributed by atoms with Gasteiger partial charge in [-0.15, -0.1) is 37.2 Å². The van der Waals surface area contributed by atoms with Crippen LogP contribution in [-0.2, 0) is 20.5 Å². The van der Waals surface area contributed by atoms with Gasteiger partial charge in [0, 0.05) is 44.9 Å². The highest BCUT2D eigenvalue weighted by atomic mass is 35.5. The molecule has 11 heteroatoms. The molecule has 0 saturated carbocycles. The molecule has 0 spiro atoms. The normalized spacial score (nSPS) is 11.1. The fraction of sp³-hybridized carbons (Fsp3) is 0.308. The van der Waals surface area contributed by atoms with Gasteiger partial charge in [0.1, 0.15) is 5.75 Å². The van der Waals surface area contributed by atoms with Crippen molar-refractivity contribution in [1.82, 2.24) is 24.4 Å². The number of fused-ring (bicyclic) bond motifs is 1. The molecule has 0 aliphatic heterocycles. The quantitative estimate of drug-likeness (QED) is 0.291. The number of halogens is 3. The van der Waals surface area contributed by atoms with Gasteiger partial charge >= 0.3 is 5.69 Å². The summed E-state index contributed by atoms with van der Waals surface area (Å²) in [5.74, 6) is 0.616. The van der Waals surface area contributed by atoms with E-state index in [-0.39, 0.29) is 54.5 Å². The van der Waals surface area contributed by atoms with Crippen LogP contribution in [0.2, 0.25) is 0 Å². The molecule has 0 saturated heterocycles. The minimum Gasteiger partial charge on any atom is -0.494 e. The Kier molecular flexibility index (Phi) is 13.3. The highest BCUT2D eigenvalue weighted by Crippen LogP contribution is 2.19. The van der Waals surface area contributed by atoms with E-state index in [9.17, 15) is 9.59 Å². The van der Waals surface area contributed by atoms with Crippen molar-refractivity contribution >= 4 is 48.1 Å². The van der Waals surface area contributed by atoms with Crippen molar-refractivity contribution in [3.05, 3.63) is 99.2 Å². The number of aromatic nitrogens is 4. The highest BCUT2D eigenvalue weighted by molar-refractivity contribution is 5.86. The minimum atomic E-state index is -0.343. The molecule has 0 fully saturated rings. The van der Waals surface area contributed by atoms with Gasteiger partial charge in [0.25, 0.3) is 5.56 Å². The highest BCUT2D eigenvalue weighted by Gasteiger charge is 2.12. The van der Waals surface area contributed by atoms with E-state index in [0.717, 1.165) is 30.4 Å². The number of nitrogens with one attached hydrogen (secondary N) is 1. The van der Waals surface area contributed by atoms with Crippen LogP contribution in [0.3, 0.4) is 0 Å². The lowest BCUT2D eigenvalue weighted by molar-refractivity contribution is 0.304. The van der Waals surface area contributed by atoms with Crippen LogP contribution >= 0.6 is 37.2 Å². The van der Waals surface area contributed by atoms with E-state index in [2.05, 4.69) is 21.4 Å². The Balaban J connectivity index is 0.00000228. The van der Waals surface area contributed by atoms with Gasteiger partial charge in [-0.25, -0.2) is 4.79 Å². The SMILES string of the molecule is Cl.Cl.Cl.Cn1c(=O)c2cc(OCCCNC(CCc3cccnc3)c3ccncc3)ccc2n(C)c1=O. The molecule has 3 aromatic heterocycles. The zero-order valence-corrected chi connectivity index (χ0v) is 23.2. The van der Waals surface area contributed by atoms with Gasteiger partial charge in [-0.3, -0.25) is 23.9 Å². The lowest BCUT2D eigenvalue weighted by Crippen LogP contribution is -2.36. The predicted molar refractivity (Wildman–Crippen MR) is 154 cm³/mol. The summed E-state index contributed by atoms with van der Waals surface area (Å²) in [7, 11) is 3.14. The van der Waals surface area contributed by atoms with Crippen LogP contribution < -0.4 is 21.3 Å². The standard InChI is InChI=1S/C26H29N5O3.3ClH/c1-30-24-9-7-21(17-22(24)25(32)31(2)26(30)33)34-16-4-13-29-23(20-10-14-27-15-11-20)8-6-19-5-3-12-28-18-19;;;/h3,5,7,9-12,14-15,17-18,23,29H,4,6,8,13,16H2,1-2H3;3*1H. The number of hydrogen-bond donors (Lipinski definition) is 1. The van der Waals surface area contributed by atoms with Crippen LogP contribution in [-0.4, -0.2) is 32.3 Å². The lowest BCUT2D eigenvalue weighted by atomic mass is 10.0. The van der Waals surface area contributed by atoms with E-state index < -0.39 is 0 Å². The largest absolute Gasteiger partial charge is 0.494 e. The number of aryl methyl sites for hydroxylation is 2. The molecule has 4 aromatic rings. The van der Waals surface area contributed by atoms with Crippen LogP contribution in [0.5, 0.6) is 5.75 Å². The van der Waals surface area contributed by atoms with Gasteiger partial charge < -0.3 is 10.1 Å². The first kappa shape index (κ1) is 32.1. The predicted octanol–water partition coefficient (Wildman–Crippen LogP) is 4.03. The minimum absolute atomic E-state index is 0. The summed E-state index contributed by atoms with van der Waals surface area (Å²) in [6.45, 7) is 1.29. The van der Waals surface area contributed by atoms with Crippen LogP contribution in [0.4, 0.5) is 0 Å². The lowest BCUT2D eigenvalue weighted by Gasteiger charge is -2.19. The van der Waals surface area contributed by atoms with Crippen LogP contribution in [0, 0.1) is 0 Å². The van der Waals surface area contributed by atoms with Gasteiger partial charge in [-0.2, -0.15) is 0 Å². The average Bonchev–Trinajstić information content (AvgIpc) is 2.88. The van der Waals surface area contributed by atoms with Crippen molar-refractivity contribution in [1.29, 1.82) is 0 Å². The van der Waals surface area contributed by atoms with Gasteiger partial charge in [0.05, 0.1) is 17.5 Å². The number of hydrogen-bond acceptors (Lipinski definition) is 6. The second kappa shape index (κ2) is 15.4. The number of pyridine rings is 2. The Labute approximate surface area is 234 Å². The van der Waals surface area contributed by atoms with E-state index in [1.54, 1.807) is 31.4 Å².